The van der Waals surface area contributed by atoms with Crippen molar-refractivity contribution in [2.75, 3.05) is 0 Å². The van der Waals surface area contributed by atoms with Crippen molar-refractivity contribution in [1.29, 1.82) is 0 Å². The second kappa shape index (κ2) is 8.25. The van der Waals surface area contributed by atoms with E-state index in [-0.39, 0.29) is 0 Å². The fraction of sp³-hybridized carbons (Fsp3) is 0.154. The number of thiophene rings is 4. The first kappa shape index (κ1) is 21.4. The molecule has 33 heavy (non-hydrogen) atoms. The van der Waals surface area contributed by atoms with E-state index in [9.17, 15) is 0 Å². The fourth-order valence-electron chi connectivity index (χ4n) is 3.88. The molecule has 0 bridgehead atoms. The van der Waals surface area contributed by atoms with Crippen LogP contribution in [0.1, 0.15) is 20.9 Å². The van der Waals surface area contributed by atoms with Gasteiger partial charge in [-0.05, 0) is 75.2 Å². The van der Waals surface area contributed by atoms with Crippen molar-refractivity contribution in [3.8, 4) is 40.4 Å². The molecule has 5 aromatic heterocycles. The predicted molar refractivity (Wildman–Crippen MR) is 150 cm³/mol. The molecule has 0 N–H and O–H groups in total. The van der Waals surface area contributed by atoms with Gasteiger partial charge in [0.15, 0.2) is 0 Å². The maximum absolute atomic E-state index is 4.71. The molecule has 7 heteroatoms. The van der Waals surface area contributed by atoms with Crippen LogP contribution in [0.2, 0.25) is 0 Å². The molecule has 0 radical (unpaired) electrons. The molecule has 2 nitrogen and oxygen atoms in total. The lowest BCUT2D eigenvalue weighted by Gasteiger charge is -2.03. The van der Waals surface area contributed by atoms with Gasteiger partial charge in [0.05, 0.1) is 11.7 Å². The van der Waals surface area contributed by atoms with Gasteiger partial charge in [0.2, 0.25) is 0 Å². The summed E-state index contributed by atoms with van der Waals surface area (Å²) in [4.78, 5) is 10.6. The molecule has 6 rings (SSSR count). The fourth-order valence-corrected chi connectivity index (χ4v) is 8.75. The third kappa shape index (κ3) is 3.72. The Morgan fingerprint density at radius 3 is 1.30 bits per heavy atom. The monoisotopic (exact) mass is 520 g/mol. The van der Waals surface area contributed by atoms with Crippen LogP contribution in [-0.4, -0.2) is 8.75 Å². The van der Waals surface area contributed by atoms with Gasteiger partial charge < -0.3 is 0 Å². The predicted octanol–water partition coefficient (Wildman–Crippen LogP) is 9.84. The minimum Gasteiger partial charge on any atom is -0.172 e. The van der Waals surface area contributed by atoms with Crippen LogP contribution in [-0.2, 0) is 0 Å². The van der Waals surface area contributed by atoms with E-state index in [4.69, 9.17) is 8.75 Å². The lowest BCUT2D eigenvalue weighted by Crippen LogP contribution is -1.81. The molecule has 6 aromatic rings. The van der Waals surface area contributed by atoms with Crippen LogP contribution < -0.4 is 0 Å². The minimum absolute atomic E-state index is 1.00. The number of rotatable bonds is 4. The molecule has 0 aliphatic rings. The highest BCUT2D eigenvalue weighted by Gasteiger charge is 2.17. The molecular weight excluding hydrogens is 501 g/mol. The molecule has 0 saturated heterocycles. The van der Waals surface area contributed by atoms with Crippen LogP contribution in [0.5, 0.6) is 0 Å². The Hall–Kier alpha value is -2.16. The quantitative estimate of drug-likeness (QED) is 0.231. The van der Waals surface area contributed by atoms with Gasteiger partial charge in [-0.1, -0.05) is 12.1 Å². The standard InChI is InChI=1S/C26H20N2S5/c1-13-11-23(29-15(13)3)21-9-7-19(31-21)17-5-6-18(26-25(17)27-33-28-26)20-8-10-22(32-20)24-12-14(2)16(4)30-24/h5-12H,1-4H3. The van der Waals surface area contributed by atoms with Gasteiger partial charge in [0, 0.05) is 50.1 Å². The van der Waals surface area contributed by atoms with Crippen molar-refractivity contribution in [2.24, 2.45) is 0 Å². The first-order chi connectivity index (χ1) is 16.0. The molecule has 0 saturated carbocycles. The van der Waals surface area contributed by atoms with Gasteiger partial charge in [-0.3, -0.25) is 0 Å². The van der Waals surface area contributed by atoms with E-state index < -0.39 is 0 Å². The van der Waals surface area contributed by atoms with Gasteiger partial charge in [-0.2, -0.15) is 8.75 Å². The van der Waals surface area contributed by atoms with Gasteiger partial charge in [-0.25, -0.2) is 0 Å². The Kier molecular flexibility index (Phi) is 5.35. The smallest absolute Gasteiger partial charge is 0.114 e. The Bertz CT molecular complexity index is 1460. The average Bonchev–Trinajstić information content (AvgIpc) is 3.60. The van der Waals surface area contributed by atoms with Gasteiger partial charge in [0.25, 0.3) is 0 Å². The maximum Gasteiger partial charge on any atom is 0.114 e. The number of fused-ring (bicyclic) bond motifs is 1. The summed E-state index contributed by atoms with van der Waals surface area (Å²) in [7, 11) is 0. The molecule has 5 heterocycles. The van der Waals surface area contributed by atoms with Crippen molar-refractivity contribution in [3.05, 3.63) is 69.4 Å². The summed E-state index contributed by atoms with van der Waals surface area (Å²) in [5.74, 6) is 0. The third-order valence-electron chi connectivity index (χ3n) is 5.98. The van der Waals surface area contributed by atoms with Crippen molar-refractivity contribution in [2.45, 2.75) is 27.7 Å². The topological polar surface area (TPSA) is 25.8 Å². The normalized spacial score (nSPS) is 11.6. The van der Waals surface area contributed by atoms with Crippen LogP contribution in [0.15, 0.2) is 48.5 Å². The third-order valence-corrected chi connectivity index (χ3v) is 11.4. The van der Waals surface area contributed by atoms with E-state index in [0.717, 1.165) is 11.0 Å². The molecule has 0 amide bonds. The average molecular weight is 521 g/mol. The largest absolute Gasteiger partial charge is 0.172 e. The zero-order valence-electron chi connectivity index (χ0n) is 18.6. The van der Waals surface area contributed by atoms with Crippen LogP contribution in [0.3, 0.4) is 0 Å². The SMILES string of the molecule is Cc1cc(-c2ccc(-c3ccc(-c4ccc(-c5cc(C)c(C)s5)s4)c4nsnc34)s2)sc1C. The van der Waals surface area contributed by atoms with E-state index in [1.807, 2.05) is 45.3 Å². The number of hydrogen-bond acceptors (Lipinski definition) is 7. The molecule has 164 valence electrons. The summed E-state index contributed by atoms with van der Waals surface area (Å²) >= 11 is 8.72. The lowest BCUT2D eigenvalue weighted by molar-refractivity contribution is 1.44. The molecular formula is C26H20N2S5. The van der Waals surface area contributed by atoms with Crippen LogP contribution in [0.4, 0.5) is 0 Å². The van der Waals surface area contributed by atoms with E-state index in [0.29, 0.717) is 0 Å². The first-order valence-electron chi connectivity index (χ1n) is 10.6. The second-order valence-corrected chi connectivity index (χ2v) is 13.4. The molecule has 0 aliphatic heterocycles. The Labute approximate surface area is 213 Å². The van der Waals surface area contributed by atoms with Gasteiger partial charge >= 0.3 is 0 Å². The van der Waals surface area contributed by atoms with E-state index in [2.05, 4.69) is 76.2 Å². The number of aryl methyl sites for hydroxylation is 4. The zero-order chi connectivity index (χ0) is 22.7. The first-order valence-corrected chi connectivity index (χ1v) is 14.6. The molecule has 0 unspecified atom stereocenters. The minimum atomic E-state index is 1.00. The summed E-state index contributed by atoms with van der Waals surface area (Å²) in [5.41, 5.74) is 7.08. The van der Waals surface area contributed by atoms with Gasteiger partial charge in [0.1, 0.15) is 11.0 Å². The lowest BCUT2D eigenvalue weighted by atomic mass is 10.1. The molecule has 0 fully saturated rings. The summed E-state index contributed by atoms with van der Waals surface area (Å²) in [6, 6.07) is 18.0. The number of hydrogen-bond donors (Lipinski definition) is 0. The Morgan fingerprint density at radius 1 is 0.485 bits per heavy atom. The van der Waals surface area contributed by atoms with Crippen molar-refractivity contribution < 1.29 is 0 Å². The van der Waals surface area contributed by atoms with E-state index in [1.165, 1.54) is 73.0 Å². The molecule has 0 atom stereocenters. The highest BCUT2D eigenvalue weighted by molar-refractivity contribution is 7.24. The maximum atomic E-state index is 4.71. The van der Waals surface area contributed by atoms with Crippen LogP contribution in [0.25, 0.3) is 51.4 Å². The van der Waals surface area contributed by atoms with Crippen LogP contribution in [0, 0.1) is 27.7 Å². The highest BCUT2D eigenvalue weighted by Crippen LogP contribution is 2.44. The Balaban J connectivity index is 1.39. The zero-order valence-corrected chi connectivity index (χ0v) is 22.6. The summed E-state index contributed by atoms with van der Waals surface area (Å²) < 4.78 is 9.42. The van der Waals surface area contributed by atoms with Crippen LogP contribution >= 0.6 is 57.1 Å². The van der Waals surface area contributed by atoms with Crippen molar-refractivity contribution in [3.63, 3.8) is 0 Å². The van der Waals surface area contributed by atoms with Crippen molar-refractivity contribution >= 4 is 68.1 Å². The molecule has 0 spiro atoms. The second-order valence-electron chi connectivity index (χ2n) is 8.15. The number of nitrogens with zero attached hydrogens (tertiary/aromatic N) is 2. The Morgan fingerprint density at radius 2 is 0.909 bits per heavy atom. The van der Waals surface area contributed by atoms with Crippen molar-refractivity contribution in [1.82, 2.24) is 8.75 Å². The summed E-state index contributed by atoms with van der Waals surface area (Å²) in [6.45, 7) is 8.75. The molecule has 0 aliphatic carbocycles. The molecule has 1 aromatic carbocycles. The number of benzene rings is 1. The van der Waals surface area contributed by atoms with Gasteiger partial charge in [-0.15, -0.1) is 45.3 Å². The summed E-state index contributed by atoms with van der Waals surface area (Å²) in [5, 5.41) is 0. The highest BCUT2D eigenvalue weighted by atomic mass is 32.1. The van der Waals surface area contributed by atoms with E-state index >= 15 is 0 Å². The number of aromatic nitrogens is 2. The van der Waals surface area contributed by atoms with E-state index in [1.54, 1.807) is 0 Å². The summed E-state index contributed by atoms with van der Waals surface area (Å²) in [6.07, 6.45) is 0.